The first-order chi connectivity index (χ1) is 15.0. The maximum Gasteiger partial charge on any atom is 0.249 e. The first-order valence-corrected chi connectivity index (χ1v) is 10.4. The topological polar surface area (TPSA) is 57.2 Å². The number of primary amides is 1. The number of amides is 1. The number of aryl methyl sites for hydroxylation is 1. The van der Waals surface area contributed by atoms with E-state index in [1.54, 1.807) is 13.2 Å². The summed E-state index contributed by atoms with van der Waals surface area (Å²) in [6, 6.07) is 25.1. The molecular weight excluding hydrogens is 384 g/mol. The largest absolute Gasteiger partial charge is 0.380 e. The first kappa shape index (κ1) is 19.3. The van der Waals surface area contributed by atoms with Gasteiger partial charge in [-0.2, -0.15) is 0 Å². The van der Waals surface area contributed by atoms with E-state index < -0.39 is 5.91 Å². The molecule has 5 rings (SSSR count). The van der Waals surface area contributed by atoms with Crippen molar-refractivity contribution in [1.82, 2.24) is 4.57 Å². The summed E-state index contributed by atoms with van der Waals surface area (Å²) < 4.78 is 7.61. The van der Waals surface area contributed by atoms with Crippen molar-refractivity contribution in [2.45, 2.75) is 20.1 Å². The standard InChI is InChI=1S/C27H24N2O2/c1-17-6-9-21-13-18(7-10-20(21)12-17)15-29-24-5-3-4-23(27(28)30)26(24)22-11-8-19(16-31-2)14-25(22)29/h3-14H,15-16H2,1-2H3,(H2,28,30). The van der Waals surface area contributed by atoms with Crippen LogP contribution in [0.4, 0.5) is 0 Å². The van der Waals surface area contributed by atoms with Crippen molar-refractivity contribution < 1.29 is 9.53 Å². The summed E-state index contributed by atoms with van der Waals surface area (Å²) in [6.45, 7) is 3.34. The zero-order chi connectivity index (χ0) is 21.5. The number of fused-ring (bicyclic) bond motifs is 4. The second-order valence-corrected chi connectivity index (χ2v) is 8.12. The summed E-state index contributed by atoms with van der Waals surface area (Å²) in [5.41, 5.74) is 11.9. The number of hydrogen-bond donors (Lipinski definition) is 1. The van der Waals surface area contributed by atoms with Gasteiger partial charge in [-0.25, -0.2) is 0 Å². The predicted octanol–water partition coefficient (Wildman–Crippen LogP) is 5.55. The van der Waals surface area contributed by atoms with Crippen molar-refractivity contribution in [3.63, 3.8) is 0 Å². The molecule has 4 aromatic carbocycles. The van der Waals surface area contributed by atoms with Gasteiger partial charge in [0.15, 0.2) is 0 Å². The van der Waals surface area contributed by atoms with Gasteiger partial charge in [-0.1, -0.05) is 54.1 Å². The number of methoxy groups -OCH3 is 1. The van der Waals surface area contributed by atoms with Crippen LogP contribution in [0.15, 0.2) is 72.8 Å². The highest BCUT2D eigenvalue weighted by atomic mass is 16.5. The number of nitrogens with zero attached hydrogens (tertiary/aromatic N) is 1. The van der Waals surface area contributed by atoms with Gasteiger partial charge in [0, 0.05) is 35.5 Å². The van der Waals surface area contributed by atoms with Gasteiger partial charge in [-0.3, -0.25) is 4.79 Å². The number of rotatable bonds is 5. The van der Waals surface area contributed by atoms with E-state index >= 15 is 0 Å². The summed E-state index contributed by atoms with van der Waals surface area (Å²) in [6.07, 6.45) is 0. The van der Waals surface area contributed by atoms with Crippen molar-refractivity contribution in [1.29, 1.82) is 0 Å². The van der Waals surface area contributed by atoms with Gasteiger partial charge in [0.05, 0.1) is 12.1 Å². The van der Waals surface area contributed by atoms with E-state index in [0.717, 1.165) is 27.4 Å². The molecule has 2 N–H and O–H groups in total. The van der Waals surface area contributed by atoms with Crippen molar-refractivity contribution in [2.24, 2.45) is 5.73 Å². The Bertz CT molecular complexity index is 1460. The van der Waals surface area contributed by atoms with Gasteiger partial charge < -0.3 is 15.0 Å². The fourth-order valence-electron chi connectivity index (χ4n) is 4.52. The molecular formula is C27H24N2O2. The molecule has 4 nitrogen and oxygen atoms in total. The molecule has 0 saturated carbocycles. The Labute approximate surface area is 180 Å². The Balaban J connectivity index is 1.74. The van der Waals surface area contributed by atoms with E-state index in [2.05, 4.69) is 66.1 Å². The van der Waals surface area contributed by atoms with Crippen LogP contribution in [0.25, 0.3) is 32.6 Å². The van der Waals surface area contributed by atoms with E-state index in [9.17, 15) is 4.79 Å². The van der Waals surface area contributed by atoms with Crippen molar-refractivity contribution in [3.8, 4) is 0 Å². The van der Waals surface area contributed by atoms with E-state index in [1.165, 1.54) is 21.9 Å². The highest BCUT2D eigenvalue weighted by molar-refractivity contribution is 6.18. The summed E-state index contributed by atoms with van der Waals surface area (Å²) in [7, 11) is 1.70. The lowest BCUT2D eigenvalue weighted by Gasteiger charge is -2.10. The second-order valence-electron chi connectivity index (χ2n) is 8.12. The Morgan fingerprint density at radius 1 is 0.903 bits per heavy atom. The summed E-state index contributed by atoms with van der Waals surface area (Å²) in [5, 5.41) is 4.40. The minimum absolute atomic E-state index is 0.410. The lowest BCUT2D eigenvalue weighted by atomic mass is 10.0. The SMILES string of the molecule is COCc1ccc2c3c(C(N)=O)cccc3n(Cc3ccc4cc(C)ccc4c3)c2c1. The fraction of sp³-hybridized carbons (Fsp3) is 0.148. The van der Waals surface area contributed by atoms with Gasteiger partial charge in [0.2, 0.25) is 5.91 Å². The first-order valence-electron chi connectivity index (χ1n) is 10.4. The van der Waals surface area contributed by atoms with E-state index in [4.69, 9.17) is 10.5 Å². The third-order valence-corrected chi connectivity index (χ3v) is 5.93. The molecule has 0 bridgehead atoms. The third-order valence-electron chi connectivity index (χ3n) is 5.93. The average molecular weight is 409 g/mol. The number of hydrogen-bond acceptors (Lipinski definition) is 2. The predicted molar refractivity (Wildman–Crippen MR) is 126 cm³/mol. The van der Waals surface area contributed by atoms with Crippen LogP contribution in [0.3, 0.4) is 0 Å². The number of carbonyl (C=O) groups excluding carboxylic acids is 1. The molecule has 1 heterocycles. The van der Waals surface area contributed by atoms with Gasteiger partial charge in [0.1, 0.15) is 0 Å². The average Bonchev–Trinajstić information content (AvgIpc) is 3.07. The molecule has 0 aliphatic heterocycles. The number of ether oxygens (including phenoxy) is 1. The summed E-state index contributed by atoms with van der Waals surface area (Å²) >= 11 is 0. The summed E-state index contributed by atoms with van der Waals surface area (Å²) in [4.78, 5) is 12.2. The monoisotopic (exact) mass is 408 g/mol. The molecule has 154 valence electrons. The zero-order valence-corrected chi connectivity index (χ0v) is 17.7. The minimum Gasteiger partial charge on any atom is -0.380 e. The van der Waals surface area contributed by atoms with Crippen LogP contribution in [-0.4, -0.2) is 17.6 Å². The molecule has 0 aliphatic carbocycles. The van der Waals surface area contributed by atoms with Gasteiger partial charge >= 0.3 is 0 Å². The van der Waals surface area contributed by atoms with Gasteiger partial charge in [-0.15, -0.1) is 0 Å². The minimum atomic E-state index is -0.410. The van der Waals surface area contributed by atoms with Crippen molar-refractivity contribution >= 4 is 38.5 Å². The van der Waals surface area contributed by atoms with E-state index in [1.807, 2.05) is 12.1 Å². The Morgan fingerprint density at radius 2 is 1.68 bits per heavy atom. The Kier molecular flexibility index (Phi) is 4.72. The van der Waals surface area contributed by atoms with Crippen LogP contribution in [0.5, 0.6) is 0 Å². The molecule has 5 aromatic rings. The third kappa shape index (κ3) is 3.35. The van der Waals surface area contributed by atoms with E-state index in [-0.39, 0.29) is 0 Å². The number of nitrogens with two attached hydrogens (primary N) is 1. The molecule has 0 spiro atoms. The molecule has 1 amide bonds. The lowest BCUT2D eigenvalue weighted by Crippen LogP contribution is -2.11. The quantitative estimate of drug-likeness (QED) is 0.414. The van der Waals surface area contributed by atoms with Crippen LogP contribution in [-0.2, 0) is 17.9 Å². The van der Waals surface area contributed by atoms with Crippen molar-refractivity contribution in [2.75, 3.05) is 7.11 Å². The molecule has 1 aromatic heterocycles. The zero-order valence-electron chi connectivity index (χ0n) is 17.7. The molecule has 0 aliphatic rings. The molecule has 0 fully saturated rings. The smallest absolute Gasteiger partial charge is 0.249 e. The maximum absolute atomic E-state index is 12.2. The number of benzene rings is 4. The maximum atomic E-state index is 12.2. The molecule has 31 heavy (non-hydrogen) atoms. The van der Waals surface area contributed by atoms with Crippen LogP contribution >= 0.6 is 0 Å². The molecule has 0 saturated heterocycles. The van der Waals surface area contributed by atoms with Crippen molar-refractivity contribution in [3.05, 3.63) is 95.1 Å². The molecule has 4 heteroatoms. The van der Waals surface area contributed by atoms with Gasteiger partial charge in [-0.05, 0) is 53.1 Å². The summed E-state index contributed by atoms with van der Waals surface area (Å²) in [5.74, 6) is -0.410. The van der Waals surface area contributed by atoms with Crippen LogP contribution < -0.4 is 5.73 Å². The van der Waals surface area contributed by atoms with Crippen LogP contribution in [0, 0.1) is 6.92 Å². The second kappa shape index (κ2) is 7.56. The lowest BCUT2D eigenvalue weighted by molar-refractivity contribution is 0.100. The van der Waals surface area contributed by atoms with Crippen LogP contribution in [0.1, 0.15) is 27.0 Å². The van der Waals surface area contributed by atoms with E-state index in [0.29, 0.717) is 18.7 Å². The molecule has 0 unspecified atom stereocenters. The normalized spacial score (nSPS) is 11.5. The molecule has 0 radical (unpaired) electrons. The highest BCUT2D eigenvalue weighted by Gasteiger charge is 2.17. The number of carbonyl (C=O) groups is 1. The fourth-order valence-corrected chi connectivity index (χ4v) is 4.52. The van der Waals surface area contributed by atoms with Crippen LogP contribution in [0.2, 0.25) is 0 Å². The number of aromatic nitrogens is 1. The Hall–Kier alpha value is -3.63. The highest BCUT2D eigenvalue weighted by Crippen LogP contribution is 2.33. The Morgan fingerprint density at radius 3 is 2.48 bits per heavy atom. The van der Waals surface area contributed by atoms with Gasteiger partial charge in [0.25, 0.3) is 0 Å². The molecule has 0 atom stereocenters.